The Kier molecular flexibility index (Phi) is 3.91. The Morgan fingerprint density at radius 2 is 2.20 bits per heavy atom. The Balaban J connectivity index is 2.42. The van der Waals surface area contributed by atoms with Crippen molar-refractivity contribution >= 4 is 32.5 Å². The molecule has 0 saturated heterocycles. The van der Waals surface area contributed by atoms with Crippen molar-refractivity contribution in [2.24, 2.45) is 0 Å². The molecule has 0 saturated carbocycles. The summed E-state index contributed by atoms with van der Waals surface area (Å²) in [4.78, 5) is 14.7. The monoisotopic (exact) mass is 314 g/mol. The van der Waals surface area contributed by atoms with Gasteiger partial charge in [-0.25, -0.2) is 18.2 Å². The van der Waals surface area contributed by atoms with E-state index in [4.69, 9.17) is 9.84 Å². The van der Waals surface area contributed by atoms with E-state index in [-0.39, 0.29) is 21.3 Å². The van der Waals surface area contributed by atoms with Crippen LogP contribution in [0.5, 0.6) is 5.75 Å². The second-order valence-corrected chi connectivity index (χ2v) is 6.19. The number of ether oxygens (including phenoxy) is 1. The SMILES string of the molecule is COc1ccc(S(=O)(=O)Nc2nccs2)cc1C(=O)O. The van der Waals surface area contributed by atoms with Gasteiger partial charge in [-0.15, -0.1) is 11.3 Å². The Hall–Kier alpha value is -2.13. The van der Waals surface area contributed by atoms with Gasteiger partial charge >= 0.3 is 5.97 Å². The van der Waals surface area contributed by atoms with E-state index in [9.17, 15) is 13.2 Å². The number of nitrogens with zero attached hydrogens (tertiary/aromatic N) is 1. The zero-order valence-electron chi connectivity index (χ0n) is 10.2. The maximum absolute atomic E-state index is 12.1. The number of carboxylic acids is 1. The summed E-state index contributed by atoms with van der Waals surface area (Å²) in [7, 11) is -2.58. The lowest BCUT2D eigenvalue weighted by atomic mass is 10.2. The van der Waals surface area contributed by atoms with Crippen molar-refractivity contribution in [1.29, 1.82) is 0 Å². The van der Waals surface area contributed by atoms with E-state index in [0.29, 0.717) is 0 Å². The highest BCUT2D eigenvalue weighted by Gasteiger charge is 2.20. The Labute approximate surface area is 118 Å². The van der Waals surface area contributed by atoms with Gasteiger partial charge in [0.05, 0.1) is 12.0 Å². The normalized spacial score (nSPS) is 11.1. The van der Waals surface area contributed by atoms with E-state index in [1.807, 2.05) is 0 Å². The predicted molar refractivity (Wildman–Crippen MR) is 72.9 cm³/mol. The van der Waals surface area contributed by atoms with Crippen LogP contribution < -0.4 is 9.46 Å². The molecule has 0 bridgehead atoms. The summed E-state index contributed by atoms with van der Waals surface area (Å²) < 4.78 is 31.3. The van der Waals surface area contributed by atoms with Gasteiger partial charge in [-0.2, -0.15) is 0 Å². The van der Waals surface area contributed by atoms with Crippen LogP contribution in [-0.2, 0) is 10.0 Å². The molecule has 0 atom stereocenters. The van der Waals surface area contributed by atoms with E-state index in [1.165, 1.54) is 25.4 Å². The molecule has 1 heterocycles. The van der Waals surface area contributed by atoms with Crippen molar-refractivity contribution in [1.82, 2.24) is 4.98 Å². The van der Waals surface area contributed by atoms with Crippen LogP contribution in [0.2, 0.25) is 0 Å². The van der Waals surface area contributed by atoms with Crippen molar-refractivity contribution in [3.05, 3.63) is 35.3 Å². The zero-order chi connectivity index (χ0) is 14.8. The van der Waals surface area contributed by atoms with Crippen molar-refractivity contribution in [3.8, 4) is 5.75 Å². The highest BCUT2D eigenvalue weighted by atomic mass is 32.2. The van der Waals surface area contributed by atoms with Gasteiger partial charge < -0.3 is 9.84 Å². The molecule has 7 nitrogen and oxygen atoms in total. The number of methoxy groups -OCH3 is 1. The fraction of sp³-hybridized carbons (Fsp3) is 0.0909. The van der Waals surface area contributed by atoms with Crippen molar-refractivity contribution in [2.75, 3.05) is 11.8 Å². The van der Waals surface area contributed by atoms with E-state index >= 15 is 0 Å². The number of thiazole rings is 1. The molecule has 0 aliphatic carbocycles. The maximum atomic E-state index is 12.1. The van der Waals surface area contributed by atoms with Crippen molar-refractivity contribution in [2.45, 2.75) is 4.90 Å². The number of nitrogens with one attached hydrogen (secondary N) is 1. The molecule has 2 aromatic rings. The Morgan fingerprint density at radius 1 is 1.45 bits per heavy atom. The molecule has 0 fully saturated rings. The lowest BCUT2D eigenvalue weighted by molar-refractivity contribution is 0.0693. The quantitative estimate of drug-likeness (QED) is 0.869. The average molecular weight is 314 g/mol. The third kappa shape index (κ3) is 2.89. The lowest BCUT2D eigenvalue weighted by Crippen LogP contribution is -2.14. The number of hydrogen-bond acceptors (Lipinski definition) is 6. The standard InChI is InChI=1S/C11H10N2O5S2/c1-18-9-3-2-7(6-8(9)10(14)15)20(16,17)13-11-12-4-5-19-11/h2-6H,1H3,(H,12,13)(H,14,15). The van der Waals surface area contributed by atoms with Gasteiger partial charge in [-0.1, -0.05) is 0 Å². The van der Waals surface area contributed by atoms with Gasteiger partial charge in [0.25, 0.3) is 10.0 Å². The van der Waals surface area contributed by atoms with E-state index < -0.39 is 16.0 Å². The topological polar surface area (TPSA) is 106 Å². The lowest BCUT2D eigenvalue weighted by Gasteiger charge is -2.09. The van der Waals surface area contributed by atoms with Gasteiger partial charge in [-0.3, -0.25) is 4.72 Å². The molecule has 0 aliphatic heterocycles. The fourth-order valence-electron chi connectivity index (χ4n) is 1.47. The van der Waals surface area contributed by atoms with Crippen LogP contribution in [0.15, 0.2) is 34.7 Å². The summed E-state index contributed by atoms with van der Waals surface area (Å²) in [6.07, 6.45) is 1.46. The fourth-order valence-corrected chi connectivity index (χ4v) is 3.28. The average Bonchev–Trinajstić information content (AvgIpc) is 2.89. The molecule has 1 aromatic heterocycles. The first-order valence-corrected chi connectivity index (χ1v) is 7.64. The number of rotatable bonds is 5. The van der Waals surface area contributed by atoms with Crippen LogP contribution in [0.25, 0.3) is 0 Å². The Morgan fingerprint density at radius 3 is 2.75 bits per heavy atom. The predicted octanol–water partition coefficient (Wildman–Crippen LogP) is 1.65. The molecule has 0 radical (unpaired) electrons. The third-order valence-corrected chi connectivity index (χ3v) is 4.52. The van der Waals surface area contributed by atoms with Gasteiger partial charge in [0.1, 0.15) is 11.3 Å². The van der Waals surface area contributed by atoms with Gasteiger partial charge in [0, 0.05) is 11.6 Å². The van der Waals surface area contributed by atoms with Gasteiger partial charge in [0.15, 0.2) is 5.13 Å². The second-order valence-electron chi connectivity index (χ2n) is 3.61. The zero-order valence-corrected chi connectivity index (χ0v) is 11.9. The van der Waals surface area contributed by atoms with E-state index in [2.05, 4.69) is 9.71 Å². The number of aromatic carboxylic acids is 1. The summed E-state index contributed by atoms with van der Waals surface area (Å²) in [6, 6.07) is 3.60. The number of carboxylic acid groups (broad SMARTS) is 1. The highest BCUT2D eigenvalue weighted by molar-refractivity contribution is 7.93. The molecule has 0 amide bonds. The molecule has 2 N–H and O–H groups in total. The molecular formula is C11H10N2O5S2. The number of aromatic nitrogens is 1. The van der Waals surface area contributed by atoms with Gasteiger partial charge in [0.2, 0.25) is 0 Å². The van der Waals surface area contributed by atoms with E-state index in [1.54, 1.807) is 5.38 Å². The molecule has 0 aliphatic rings. The summed E-state index contributed by atoms with van der Waals surface area (Å²) in [6.45, 7) is 0. The maximum Gasteiger partial charge on any atom is 0.339 e. The largest absolute Gasteiger partial charge is 0.496 e. The van der Waals surface area contributed by atoms with Crippen LogP contribution in [0.3, 0.4) is 0 Å². The second kappa shape index (κ2) is 5.47. The van der Waals surface area contributed by atoms with Crippen molar-refractivity contribution in [3.63, 3.8) is 0 Å². The van der Waals surface area contributed by atoms with E-state index in [0.717, 1.165) is 17.4 Å². The number of sulfonamides is 1. The molecule has 9 heteroatoms. The van der Waals surface area contributed by atoms with Crippen LogP contribution in [0, 0.1) is 0 Å². The molecule has 0 unspecified atom stereocenters. The minimum absolute atomic E-state index is 0.0886. The molecule has 1 aromatic carbocycles. The third-order valence-electron chi connectivity index (χ3n) is 2.37. The van der Waals surface area contributed by atoms with Crippen molar-refractivity contribution < 1.29 is 23.1 Å². The molecular weight excluding hydrogens is 304 g/mol. The molecule has 20 heavy (non-hydrogen) atoms. The number of anilines is 1. The van der Waals surface area contributed by atoms with Crippen LogP contribution in [-0.4, -0.2) is 31.6 Å². The summed E-state index contributed by atoms with van der Waals surface area (Å²) in [5.41, 5.74) is -0.227. The first-order chi connectivity index (χ1) is 9.44. The van der Waals surface area contributed by atoms with Crippen LogP contribution in [0.4, 0.5) is 5.13 Å². The summed E-state index contributed by atoms with van der Waals surface area (Å²) in [5, 5.41) is 10.9. The minimum atomic E-state index is -3.89. The number of hydrogen-bond donors (Lipinski definition) is 2. The number of benzene rings is 1. The number of carbonyl (C=O) groups is 1. The first kappa shape index (κ1) is 14.3. The molecule has 106 valence electrons. The Bertz CT molecular complexity index is 725. The molecule has 2 rings (SSSR count). The first-order valence-electron chi connectivity index (χ1n) is 5.27. The highest BCUT2D eigenvalue weighted by Crippen LogP contribution is 2.24. The van der Waals surface area contributed by atoms with Gasteiger partial charge in [-0.05, 0) is 18.2 Å². The summed E-state index contributed by atoms with van der Waals surface area (Å²) >= 11 is 1.12. The summed E-state index contributed by atoms with van der Waals surface area (Å²) in [5.74, 6) is -1.18. The van der Waals surface area contributed by atoms with Crippen LogP contribution >= 0.6 is 11.3 Å². The van der Waals surface area contributed by atoms with Crippen LogP contribution in [0.1, 0.15) is 10.4 Å². The molecule has 0 spiro atoms. The minimum Gasteiger partial charge on any atom is -0.496 e. The smallest absolute Gasteiger partial charge is 0.339 e.